The van der Waals surface area contributed by atoms with Gasteiger partial charge in [0.25, 0.3) is 0 Å². The summed E-state index contributed by atoms with van der Waals surface area (Å²) >= 11 is 1.35. The molecule has 1 aromatic carbocycles. The quantitative estimate of drug-likeness (QED) is 0.780. The fourth-order valence-corrected chi connectivity index (χ4v) is 4.64. The number of Topliss-reactive ketones (excluding diaryl/α,β-unsaturated/α-hetero) is 1. The molecule has 6 heteroatoms. The van der Waals surface area contributed by atoms with Crippen LogP contribution in [0.4, 0.5) is 0 Å². The van der Waals surface area contributed by atoms with Crippen LogP contribution in [0.1, 0.15) is 30.7 Å². The van der Waals surface area contributed by atoms with Crippen LogP contribution in [0.25, 0.3) is 11.4 Å². The Morgan fingerprint density at radius 3 is 2.81 bits per heavy atom. The number of carbonyl (C=O) groups is 1. The number of likely N-dealkylation sites (tertiary alicyclic amines) is 1. The van der Waals surface area contributed by atoms with Gasteiger partial charge in [0, 0.05) is 25.3 Å². The molecule has 26 heavy (non-hydrogen) atoms. The molecule has 0 saturated carbocycles. The van der Waals surface area contributed by atoms with Gasteiger partial charge in [-0.05, 0) is 49.7 Å². The highest BCUT2D eigenvalue weighted by molar-refractivity contribution is 7.05. The van der Waals surface area contributed by atoms with E-state index in [0.29, 0.717) is 18.1 Å². The summed E-state index contributed by atoms with van der Waals surface area (Å²) in [6.45, 7) is 3.80. The number of rotatable bonds is 6. The van der Waals surface area contributed by atoms with Crippen molar-refractivity contribution < 1.29 is 9.53 Å². The van der Waals surface area contributed by atoms with Crippen molar-refractivity contribution in [3.8, 4) is 11.4 Å². The fraction of sp³-hybridized carbons (Fsp3) is 0.550. The normalized spacial score (nSPS) is 21.9. The fourth-order valence-electron chi connectivity index (χ4n) is 3.97. The third-order valence-electron chi connectivity index (χ3n) is 5.39. The van der Waals surface area contributed by atoms with Crippen molar-refractivity contribution in [1.29, 1.82) is 0 Å². The molecule has 3 heterocycles. The minimum Gasteiger partial charge on any atom is -0.381 e. The summed E-state index contributed by atoms with van der Waals surface area (Å²) in [5.41, 5.74) is 1.00. The molecule has 2 aromatic rings. The highest BCUT2D eigenvalue weighted by Crippen LogP contribution is 2.25. The number of benzene rings is 1. The number of ether oxygens (including phenoxy) is 1. The first-order valence-corrected chi connectivity index (χ1v) is 10.3. The molecular formula is C20H25N3O2S. The summed E-state index contributed by atoms with van der Waals surface area (Å²) in [6.07, 6.45) is 4.74. The van der Waals surface area contributed by atoms with Crippen LogP contribution in [-0.4, -0.2) is 52.4 Å². The van der Waals surface area contributed by atoms with E-state index in [1.54, 1.807) is 0 Å². The highest BCUT2D eigenvalue weighted by Gasteiger charge is 2.32. The predicted molar refractivity (Wildman–Crippen MR) is 102 cm³/mol. The van der Waals surface area contributed by atoms with E-state index in [1.165, 1.54) is 11.5 Å². The van der Waals surface area contributed by atoms with Gasteiger partial charge in [-0.3, -0.25) is 9.69 Å². The minimum absolute atomic E-state index is 0.0573. The SMILES string of the molecule is O=C(Cc1nc(-c2ccccc2)ns1)[C@@H]1CCCN1CC1CCOCC1. The Kier molecular flexibility index (Phi) is 5.72. The molecule has 1 atom stereocenters. The number of hydrogen-bond acceptors (Lipinski definition) is 6. The molecule has 0 radical (unpaired) electrons. The maximum Gasteiger partial charge on any atom is 0.173 e. The van der Waals surface area contributed by atoms with E-state index in [1.807, 2.05) is 30.3 Å². The summed E-state index contributed by atoms with van der Waals surface area (Å²) in [5.74, 6) is 1.69. The lowest BCUT2D eigenvalue weighted by molar-refractivity contribution is -0.123. The van der Waals surface area contributed by atoms with Gasteiger partial charge in [-0.25, -0.2) is 4.98 Å². The zero-order valence-electron chi connectivity index (χ0n) is 15.0. The van der Waals surface area contributed by atoms with Crippen LogP contribution < -0.4 is 0 Å². The Morgan fingerprint density at radius 1 is 1.19 bits per heavy atom. The van der Waals surface area contributed by atoms with Crippen molar-refractivity contribution in [2.24, 2.45) is 5.92 Å². The van der Waals surface area contributed by atoms with Gasteiger partial charge in [0.1, 0.15) is 5.01 Å². The molecule has 5 nitrogen and oxygen atoms in total. The Hall–Kier alpha value is -1.63. The number of ketones is 1. The monoisotopic (exact) mass is 371 g/mol. The summed E-state index contributed by atoms with van der Waals surface area (Å²) in [4.78, 5) is 19.9. The lowest BCUT2D eigenvalue weighted by Gasteiger charge is -2.30. The van der Waals surface area contributed by atoms with Gasteiger partial charge in [-0.15, -0.1) is 0 Å². The van der Waals surface area contributed by atoms with Gasteiger partial charge >= 0.3 is 0 Å². The van der Waals surface area contributed by atoms with Crippen LogP contribution in [0.5, 0.6) is 0 Å². The number of nitrogens with zero attached hydrogens (tertiary/aromatic N) is 3. The molecule has 0 aliphatic carbocycles. The first-order chi connectivity index (χ1) is 12.8. The van der Waals surface area contributed by atoms with Gasteiger partial charge in [0.05, 0.1) is 12.5 Å². The molecule has 0 N–H and O–H groups in total. The van der Waals surface area contributed by atoms with Crippen molar-refractivity contribution >= 4 is 17.3 Å². The van der Waals surface area contributed by atoms with Crippen molar-refractivity contribution in [3.05, 3.63) is 35.3 Å². The van der Waals surface area contributed by atoms with E-state index >= 15 is 0 Å². The molecule has 0 spiro atoms. The molecule has 138 valence electrons. The van der Waals surface area contributed by atoms with Crippen LogP contribution in [0.3, 0.4) is 0 Å². The molecule has 2 fully saturated rings. The molecule has 1 aromatic heterocycles. The Balaban J connectivity index is 1.37. The molecule has 4 rings (SSSR count). The topological polar surface area (TPSA) is 55.3 Å². The van der Waals surface area contributed by atoms with Crippen LogP contribution >= 0.6 is 11.5 Å². The largest absolute Gasteiger partial charge is 0.381 e. The van der Waals surface area contributed by atoms with E-state index < -0.39 is 0 Å². The molecule has 2 aliphatic rings. The van der Waals surface area contributed by atoms with Crippen molar-refractivity contribution in [2.75, 3.05) is 26.3 Å². The van der Waals surface area contributed by atoms with Crippen molar-refractivity contribution in [1.82, 2.24) is 14.3 Å². The summed E-state index contributed by atoms with van der Waals surface area (Å²) in [7, 11) is 0. The standard InChI is InChI=1S/C20H25N3O2S/c24-18(13-19-21-20(22-26-19)16-5-2-1-3-6-16)17-7-4-10-23(17)14-15-8-11-25-12-9-15/h1-3,5-6,15,17H,4,7-14H2/t17-/m0/s1. The molecule has 2 aliphatic heterocycles. The van der Waals surface area contributed by atoms with Gasteiger partial charge < -0.3 is 4.74 Å². The molecule has 2 saturated heterocycles. The van der Waals surface area contributed by atoms with Gasteiger partial charge in [-0.2, -0.15) is 4.37 Å². The molecular weight excluding hydrogens is 346 g/mol. The zero-order chi connectivity index (χ0) is 17.8. The summed E-state index contributed by atoms with van der Waals surface area (Å²) in [6, 6.07) is 10.00. The van der Waals surface area contributed by atoms with Gasteiger partial charge in [0.2, 0.25) is 0 Å². The van der Waals surface area contributed by atoms with Crippen LogP contribution in [0.15, 0.2) is 30.3 Å². The van der Waals surface area contributed by atoms with Crippen LogP contribution in [0.2, 0.25) is 0 Å². The van der Waals surface area contributed by atoms with Crippen molar-refractivity contribution in [2.45, 2.75) is 38.1 Å². The van der Waals surface area contributed by atoms with E-state index in [2.05, 4.69) is 14.3 Å². The summed E-state index contributed by atoms with van der Waals surface area (Å²) in [5, 5.41) is 0.826. The lowest BCUT2D eigenvalue weighted by atomic mass is 9.98. The smallest absolute Gasteiger partial charge is 0.173 e. The maximum absolute atomic E-state index is 12.9. The maximum atomic E-state index is 12.9. The summed E-state index contributed by atoms with van der Waals surface area (Å²) < 4.78 is 9.89. The Morgan fingerprint density at radius 2 is 2.00 bits per heavy atom. The van der Waals surface area contributed by atoms with E-state index in [-0.39, 0.29) is 6.04 Å². The highest BCUT2D eigenvalue weighted by atomic mass is 32.1. The average molecular weight is 372 g/mol. The third kappa shape index (κ3) is 4.19. The number of aromatic nitrogens is 2. The zero-order valence-corrected chi connectivity index (χ0v) is 15.8. The third-order valence-corrected chi connectivity index (χ3v) is 6.11. The second kappa shape index (κ2) is 8.37. The lowest BCUT2D eigenvalue weighted by Crippen LogP contribution is -2.40. The van der Waals surface area contributed by atoms with Crippen LogP contribution in [0, 0.1) is 5.92 Å². The second-order valence-electron chi connectivity index (χ2n) is 7.23. The molecule has 0 unspecified atom stereocenters. The van der Waals surface area contributed by atoms with E-state index in [0.717, 1.165) is 68.4 Å². The van der Waals surface area contributed by atoms with Crippen LogP contribution in [-0.2, 0) is 16.0 Å². The van der Waals surface area contributed by atoms with E-state index in [9.17, 15) is 4.79 Å². The average Bonchev–Trinajstić information content (AvgIpc) is 3.33. The first-order valence-electron chi connectivity index (χ1n) is 9.52. The number of hydrogen-bond donors (Lipinski definition) is 0. The predicted octanol–water partition coefficient (Wildman–Crippen LogP) is 3.21. The van der Waals surface area contributed by atoms with E-state index in [4.69, 9.17) is 4.74 Å². The molecule has 0 bridgehead atoms. The van der Waals surface area contributed by atoms with Crippen molar-refractivity contribution in [3.63, 3.8) is 0 Å². The first kappa shape index (κ1) is 17.8. The Bertz CT molecular complexity index is 728. The minimum atomic E-state index is 0.0573. The Labute approximate surface area is 158 Å². The van der Waals surface area contributed by atoms with Gasteiger partial charge in [0.15, 0.2) is 11.6 Å². The van der Waals surface area contributed by atoms with Gasteiger partial charge in [-0.1, -0.05) is 30.3 Å². The molecule has 0 amide bonds. The number of carbonyl (C=O) groups excluding carboxylic acids is 1. The second-order valence-corrected chi connectivity index (χ2v) is 8.07.